The molecule has 0 N–H and O–H groups in total. The summed E-state index contributed by atoms with van der Waals surface area (Å²) in [6, 6.07) is 9.50. The third-order valence-corrected chi connectivity index (χ3v) is 4.16. The van der Waals surface area contributed by atoms with Gasteiger partial charge in [0.25, 0.3) is 0 Å². The van der Waals surface area contributed by atoms with Gasteiger partial charge in [0.1, 0.15) is 5.69 Å². The second-order valence-electron chi connectivity index (χ2n) is 4.60. The lowest BCUT2D eigenvalue weighted by molar-refractivity contribution is 0.882. The first kappa shape index (κ1) is 15.5. The van der Waals surface area contributed by atoms with E-state index in [0.717, 1.165) is 5.69 Å². The van der Waals surface area contributed by atoms with Crippen molar-refractivity contribution >= 4 is 23.4 Å². The predicted molar refractivity (Wildman–Crippen MR) is 88.3 cm³/mol. The third kappa shape index (κ3) is 3.33. The average Bonchev–Trinajstić information content (AvgIpc) is 3.00. The van der Waals surface area contributed by atoms with E-state index in [4.69, 9.17) is 16.9 Å². The zero-order valence-corrected chi connectivity index (χ0v) is 13.7. The number of hydrogen-bond donors (Lipinski definition) is 0. The lowest BCUT2D eigenvalue weighted by atomic mass is 10.3. The Kier molecular flexibility index (Phi) is 4.55. The van der Waals surface area contributed by atoms with Crippen LogP contribution in [0.2, 0.25) is 5.02 Å². The number of hydrogen-bond acceptors (Lipinski definition) is 6. The fourth-order valence-electron chi connectivity index (χ4n) is 1.93. The Morgan fingerprint density at radius 1 is 1.22 bits per heavy atom. The van der Waals surface area contributed by atoms with Gasteiger partial charge in [-0.15, -0.1) is 10.2 Å². The molecule has 6 nitrogen and oxygen atoms in total. The third-order valence-electron chi connectivity index (χ3n) is 2.97. The lowest BCUT2D eigenvalue weighted by Crippen LogP contribution is -2.02. The molecule has 0 saturated heterocycles. The van der Waals surface area contributed by atoms with Crippen LogP contribution in [0.5, 0.6) is 0 Å². The highest BCUT2D eigenvalue weighted by Gasteiger charge is 2.19. The molecule has 0 saturated carbocycles. The van der Waals surface area contributed by atoms with Crippen LogP contribution in [0, 0.1) is 11.3 Å². The van der Waals surface area contributed by atoms with Gasteiger partial charge in [0, 0.05) is 23.1 Å². The number of halogens is 1. The van der Waals surface area contributed by atoms with Crippen molar-refractivity contribution in [2.75, 3.05) is 0 Å². The highest BCUT2D eigenvalue weighted by atomic mass is 35.5. The molecule has 8 heteroatoms. The summed E-state index contributed by atoms with van der Waals surface area (Å²) >= 11 is 7.30. The molecule has 0 fully saturated rings. The Morgan fingerprint density at radius 3 is 2.65 bits per heavy atom. The van der Waals surface area contributed by atoms with Crippen molar-refractivity contribution in [1.29, 1.82) is 5.26 Å². The normalized spacial score (nSPS) is 11.9. The van der Waals surface area contributed by atoms with Gasteiger partial charge in [-0.1, -0.05) is 23.4 Å². The zero-order valence-electron chi connectivity index (χ0n) is 12.1. The summed E-state index contributed by atoms with van der Waals surface area (Å²) in [6.45, 7) is 1.81. The summed E-state index contributed by atoms with van der Waals surface area (Å²) in [4.78, 5) is 8.35. The largest absolute Gasteiger partial charge is 0.269 e. The molecule has 0 unspecified atom stereocenters. The van der Waals surface area contributed by atoms with E-state index in [-0.39, 0.29) is 5.25 Å². The van der Waals surface area contributed by atoms with Crippen molar-refractivity contribution in [3.05, 3.63) is 47.9 Å². The first-order valence-corrected chi connectivity index (χ1v) is 7.99. The van der Waals surface area contributed by atoms with E-state index in [2.05, 4.69) is 26.2 Å². The van der Waals surface area contributed by atoms with E-state index in [1.807, 2.05) is 23.6 Å². The van der Waals surface area contributed by atoms with Gasteiger partial charge in [0.2, 0.25) is 0 Å². The summed E-state index contributed by atoms with van der Waals surface area (Å²) in [5.74, 6) is 0.563. The van der Waals surface area contributed by atoms with E-state index >= 15 is 0 Å². The molecule has 23 heavy (non-hydrogen) atoms. The van der Waals surface area contributed by atoms with Gasteiger partial charge in [0.15, 0.2) is 11.0 Å². The van der Waals surface area contributed by atoms with Gasteiger partial charge in [-0.05, 0) is 31.2 Å². The summed E-state index contributed by atoms with van der Waals surface area (Å²) < 4.78 is 1.85. The van der Waals surface area contributed by atoms with Crippen LogP contribution in [-0.4, -0.2) is 30.0 Å². The smallest absolute Gasteiger partial charge is 0.197 e. The molecule has 1 atom stereocenters. The van der Waals surface area contributed by atoms with Gasteiger partial charge < -0.3 is 0 Å². The van der Waals surface area contributed by atoms with E-state index < -0.39 is 0 Å². The minimum Gasteiger partial charge on any atom is -0.269 e. The standard InChI is InChI=1S/C15H11ClN6S/c1-10(8-17)23-15-21-20-14(13-9-18-6-7-19-13)22(15)12-4-2-11(16)3-5-12/h2-7,9-10H,1H3/t10-/m1/s1. The molecule has 0 amide bonds. The van der Waals surface area contributed by atoms with Crippen LogP contribution in [0.1, 0.15) is 6.92 Å². The monoisotopic (exact) mass is 342 g/mol. The van der Waals surface area contributed by atoms with Crippen LogP contribution in [-0.2, 0) is 0 Å². The van der Waals surface area contributed by atoms with Gasteiger partial charge >= 0.3 is 0 Å². The van der Waals surface area contributed by atoms with Crippen molar-refractivity contribution < 1.29 is 0 Å². The van der Waals surface area contributed by atoms with Crippen molar-refractivity contribution in [3.8, 4) is 23.3 Å². The minimum atomic E-state index is -0.250. The number of nitrogens with zero attached hydrogens (tertiary/aromatic N) is 6. The topological polar surface area (TPSA) is 80.3 Å². The predicted octanol–water partition coefficient (Wildman–Crippen LogP) is 3.38. The fourth-order valence-corrected chi connectivity index (χ4v) is 2.81. The quantitative estimate of drug-likeness (QED) is 0.676. The Hall–Kier alpha value is -2.43. The number of benzene rings is 1. The van der Waals surface area contributed by atoms with Crippen molar-refractivity contribution in [1.82, 2.24) is 24.7 Å². The van der Waals surface area contributed by atoms with Crippen LogP contribution < -0.4 is 0 Å². The summed E-state index contributed by atoms with van der Waals surface area (Å²) in [5, 5.41) is 18.5. The van der Waals surface area contributed by atoms with Gasteiger partial charge in [0.05, 0.1) is 17.5 Å². The molecule has 0 aliphatic heterocycles. The number of thioether (sulfide) groups is 1. The maximum atomic E-state index is 9.05. The zero-order chi connectivity index (χ0) is 16.2. The molecular formula is C15H11ClN6S. The summed E-state index contributed by atoms with van der Waals surface area (Å²) in [6.07, 6.45) is 4.82. The van der Waals surface area contributed by atoms with Gasteiger partial charge in [-0.25, -0.2) is 4.98 Å². The first-order valence-electron chi connectivity index (χ1n) is 6.73. The molecule has 0 aliphatic rings. The highest BCUT2D eigenvalue weighted by Crippen LogP contribution is 2.29. The van der Waals surface area contributed by atoms with Crippen LogP contribution in [0.25, 0.3) is 17.2 Å². The van der Waals surface area contributed by atoms with E-state index in [1.165, 1.54) is 11.8 Å². The van der Waals surface area contributed by atoms with Crippen LogP contribution in [0.4, 0.5) is 0 Å². The maximum absolute atomic E-state index is 9.05. The molecule has 2 aromatic heterocycles. The molecular weight excluding hydrogens is 332 g/mol. The molecule has 2 heterocycles. The molecule has 0 radical (unpaired) electrons. The lowest BCUT2D eigenvalue weighted by Gasteiger charge is -2.10. The molecule has 114 valence electrons. The Labute approximate surface area is 142 Å². The van der Waals surface area contributed by atoms with Crippen LogP contribution in [0.15, 0.2) is 48.0 Å². The average molecular weight is 343 g/mol. The van der Waals surface area contributed by atoms with E-state index in [1.54, 1.807) is 30.7 Å². The van der Waals surface area contributed by atoms with Gasteiger partial charge in [-0.3, -0.25) is 9.55 Å². The summed E-state index contributed by atoms with van der Waals surface area (Å²) in [7, 11) is 0. The molecule has 0 spiro atoms. The van der Waals surface area contributed by atoms with Crippen molar-refractivity contribution in [3.63, 3.8) is 0 Å². The van der Waals surface area contributed by atoms with Crippen molar-refractivity contribution in [2.24, 2.45) is 0 Å². The van der Waals surface area contributed by atoms with Crippen LogP contribution >= 0.6 is 23.4 Å². The van der Waals surface area contributed by atoms with E-state index in [0.29, 0.717) is 21.7 Å². The Morgan fingerprint density at radius 2 is 2.00 bits per heavy atom. The van der Waals surface area contributed by atoms with E-state index in [9.17, 15) is 0 Å². The highest BCUT2D eigenvalue weighted by molar-refractivity contribution is 8.00. The molecule has 3 rings (SSSR count). The Balaban J connectivity index is 2.14. The fraction of sp³-hybridized carbons (Fsp3) is 0.133. The van der Waals surface area contributed by atoms with Crippen molar-refractivity contribution in [2.45, 2.75) is 17.3 Å². The SMILES string of the molecule is C[C@H](C#N)Sc1nnc(-c2cnccn2)n1-c1ccc(Cl)cc1. The Bertz CT molecular complexity index is 841. The number of rotatable bonds is 4. The number of aromatic nitrogens is 5. The minimum absolute atomic E-state index is 0.250. The van der Waals surface area contributed by atoms with Gasteiger partial charge in [-0.2, -0.15) is 5.26 Å². The molecule has 3 aromatic rings. The molecule has 0 bridgehead atoms. The molecule has 0 aliphatic carbocycles. The summed E-state index contributed by atoms with van der Waals surface area (Å²) in [5.41, 5.74) is 1.44. The second kappa shape index (κ2) is 6.77. The van der Waals surface area contributed by atoms with Crippen LogP contribution in [0.3, 0.4) is 0 Å². The maximum Gasteiger partial charge on any atom is 0.197 e. The second-order valence-corrected chi connectivity index (χ2v) is 6.34. The molecule has 1 aromatic carbocycles. The number of nitriles is 1. The first-order chi connectivity index (χ1) is 11.2.